The van der Waals surface area contributed by atoms with Crippen molar-refractivity contribution in [3.63, 3.8) is 0 Å². The zero-order valence-electron chi connectivity index (χ0n) is 9.84. The molecule has 0 saturated carbocycles. The molecule has 0 amide bonds. The van der Waals surface area contributed by atoms with Gasteiger partial charge in [0.05, 0.1) is 8.71 Å². The maximum atomic E-state index is 11.0. The van der Waals surface area contributed by atoms with Crippen LogP contribution in [-0.4, -0.2) is 17.0 Å². The lowest BCUT2D eigenvalue weighted by Gasteiger charge is -2.17. The standard InChI is InChI=1S/C11H9BrClN3O2S/c1-15(5-7-4-9(12)19-6-7)11-8(16(17)18)2-3-10(13)14-11/h2-4,6H,5H2,1H3. The Morgan fingerprint density at radius 3 is 2.89 bits per heavy atom. The summed E-state index contributed by atoms with van der Waals surface area (Å²) in [6.45, 7) is 0.524. The Morgan fingerprint density at radius 1 is 1.58 bits per heavy atom. The molecule has 2 aromatic rings. The highest BCUT2D eigenvalue weighted by Gasteiger charge is 2.19. The van der Waals surface area contributed by atoms with Crippen LogP contribution in [0.4, 0.5) is 11.5 Å². The number of thiophene rings is 1. The average molecular weight is 363 g/mol. The Morgan fingerprint density at radius 2 is 2.32 bits per heavy atom. The van der Waals surface area contributed by atoms with Gasteiger partial charge in [0, 0.05) is 19.7 Å². The molecule has 0 aliphatic rings. The molecule has 0 N–H and O–H groups in total. The minimum absolute atomic E-state index is 0.0544. The summed E-state index contributed by atoms with van der Waals surface area (Å²) in [5.74, 6) is 0.264. The first-order valence-electron chi connectivity index (χ1n) is 5.22. The van der Waals surface area contributed by atoms with Crippen LogP contribution in [-0.2, 0) is 6.54 Å². The molecule has 19 heavy (non-hydrogen) atoms. The molecular formula is C11H9BrClN3O2S. The Kier molecular flexibility index (Phi) is 4.38. The van der Waals surface area contributed by atoms with Crippen LogP contribution in [0.15, 0.2) is 27.4 Å². The van der Waals surface area contributed by atoms with Gasteiger partial charge in [0.1, 0.15) is 5.15 Å². The summed E-state index contributed by atoms with van der Waals surface area (Å²) in [5, 5.41) is 13.2. The first kappa shape index (κ1) is 14.2. The molecule has 0 aliphatic heterocycles. The van der Waals surface area contributed by atoms with Gasteiger partial charge in [-0.15, -0.1) is 11.3 Å². The van der Waals surface area contributed by atoms with Crippen molar-refractivity contribution in [3.8, 4) is 0 Å². The van der Waals surface area contributed by atoms with E-state index in [-0.39, 0.29) is 16.7 Å². The molecule has 0 bridgehead atoms. The lowest BCUT2D eigenvalue weighted by Crippen LogP contribution is -2.18. The maximum absolute atomic E-state index is 11.0. The van der Waals surface area contributed by atoms with Crippen LogP contribution in [0.5, 0.6) is 0 Å². The van der Waals surface area contributed by atoms with Crippen LogP contribution in [0.3, 0.4) is 0 Å². The number of hydrogen-bond acceptors (Lipinski definition) is 5. The fraction of sp³-hybridized carbons (Fsp3) is 0.182. The van der Waals surface area contributed by atoms with Gasteiger partial charge in [-0.3, -0.25) is 10.1 Å². The molecule has 2 heterocycles. The molecule has 8 heteroatoms. The SMILES string of the molecule is CN(Cc1csc(Br)c1)c1nc(Cl)ccc1[N+](=O)[O-]. The van der Waals surface area contributed by atoms with E-state index in [0.29, 0.717) is 6.54 Å². The lowest BCUT2D eigenvalue weighted by molar-refractivity contribution is -0.384. The number of halogens is 2. The molecule has 0 radical (unpaired) electrons. The zero-order valence-corrected chi connectivity index (χ0v) is 13.0. The van der Waals surface area contributed by atoms with Crippen LogP contribution in [0.25, 0.3) is 0 Å². The second-order valence-electron chi connectivity index (χ2n) is 3.85. The van der Waals surface area contributed by atoms with Crippen LogP contribution in [0, 0.1) is 10.1 Å². The third-order valence-corrected chi connectivity index (χ3v) is 4.18. The van der Waals surface area contributed by atoms with Crippen LogP contribution >= 0.6 is 38.9 Å². The van der Waals surface area contributed by atoms with Crippen molar-refractivity contribution in [3.05, 3.63) is 48.2 Å². The van der Waals surface area contributed by atoms with Gasteiger partial charge in [0.15, 0.2) is 0 Å². The van der Waals surface area contributed by atoms with E-state index in [4.69, 9.17) is 11.6 Å². The minimum Gasteiger partial charge on any atom is -0.350 e. The first-order chi connectivity index (χ1) is 8.97. The van der Waals surface area contributed by atoms with Crippen molar-refractivity contribution >= 4 is 50.4 Å². The summed E-state index contributed by atoms with van der Waals surface area (Å²) in [5.41, 5.74) is 0.997. The molecule has 100 valence electrons. The molecule has 0 atom stereocenters. The van der Waals surface area contributed by atoms with Gasteiger partial charge in [-0.25, -0.2) is 4.98 Å². The first-order valence-corrected chi connectivity index (χ1v) is 7.27. The van der Waals surface area contributed by atoms with Gasteiger partial charge in [-0.1, -0.05) is 11.6 Å². The van der Waals surface area contributed by atoms with Crippen molar-refractivity contribution in [1.29, 1.82) is 0 Å². The average Bonchev–Trinajstić information content (AvgIpc) is 2.74. The smallest absolute Gasteiger partial charge is 0.311 e. The largest absolute Gasteiger partial charge is 0.350 e. The van der Waals surface area contributed by atoms with Crippen molar-refractivity contribution in [2.24, 2.45) is 0 Å². The van der Waals surface area contributed by atoms with Crippen LogP contribution < -0.4 is 4.90 Å². The highest BCUT2D eigenvalue weighted by atomic mass is 79.9. The number of nitro groups is 1. The normalized spacial score (nSPS) is 10.5. The van der Waals surface area contributed by atoms with Crippen molar-refractivity contribution in [1.82, 2.24) is 4.98 Å². The van der Waals surface area contributed by atoms with E-state index in [1.807, 2.05) is 11.4 Å². The number of rotatable bonds is 4. The van der Waals surface area contributed by atoms with Gasteiger partial charge >= 0.3 is 5.69 Å². The highest BCUT2D eigenvalue weighted by molar-refractivity contribution is 9.11. The zero-order chi connectivity index (χ0) is 14.0. The highest BCUT2D eigenvalue weighted by Crippen LogP contribution is 2.29. The molecule has 0 spiro atoms. The molecule has 0 aromatic carbocycles. The summed E-state index contributed by atoms with van der Waals surface area (Å²) in [6, 6.07) is 4.75. The van der Waals surface area contributed by atoms with Gasteiger partial charge in [-0.2, -0.15) is 0 Å². The molecule has 0 aliphatic carbocycles. The second kappa shape index (κ2) is 5.85. The molecule has 0 fully saturated rings. The fourth-order valence-corrected chi connectivity index (χ4v) is 2.96. The summed E-state index contributed by atoms with van der Waals surface area (Å²) in [7, 11) is 1.75. The van der Waals surface area contributed by atoms with Crippen LogP contribution in [0.1, 0.15) is 5.56 Å². The predicted octanol–water partition coefficient (Wildman–Crippen LogP) is 4.10. The number of aromatic nitrogens is 1. The van der Waals surface area contributed by atoms with Crippen molar-refractivity contribution in [2.75, 3.05) is 11.9 Å². The van der Waals surface area contributed by atoms with E-state index in [1.165, 1.54) is 12.1 Å². The Balaban J connectivity index is 2.29. The number of pyridine rings is 1. The van der Waals surface area contributed by atoms with Gasteiger partial charge in [0.2, 0.25) is 5.82 Å². The van der Waals surface area contributed by atoms with E-state index in [1.54, 1.807) is 23.3 Å². The molecule has 5 nitrogen and oxygen atoms in total. The summed E-state index contributed by atoms with van der Waals surface area (Å²) < 4.78 is 1.02. The third kappa shape index (κ3) is 3.43. The number of anilines is 1. The van der Waals surface area contributed by atoms with E-state index in [0.717, 1.165) is 9.35 Å². The molecule has 0 unspecified atom stereocenters. The molecule has 2 aromatic heterocycles. The van der Waals surface area contributed by atoms with Crippen LogP contribution in [0.2, 0.25) is 5.15 Å². The summed E-state index contributed by atoms with van der Waals surface area (Å²) >= 11 is 10.8. The number of nitrogens with zero attached hydrogens (tertiary/aromatic N) is 3. The summed E-state index contributed by atoms with van der Waals surface area (Å²) in [6.07, 6.45) is 0. The van der Waals surface area contributed by atoms with Crippen molar-refractivity contribution in [2.45, 2.75) is 6.54 Å². The predicted molar refractivity (Wildman–Crippen MR) is 80.0 cm³/mol. The van der Waals surface area contributed by atoms with Gasteiger partial charge in [-0.05, 0) is 39.0 Å². The topological polar surface area (TPSA) is 59.3 Å². The Labute approximate surface area is 127 Å². The minimum atomic E-state index is -0.460. The third-order valence-electron chi connectivity index (χ3n) is 2.42. The quantitative estimate of drug-likeness (QED) is 0.467. The molecule has 2 rings (SSSR count). The van der Waals surface area contributed by atoms with E-state index < -0.39 is 4.92 Å². The molecule has 0 saturated heterocycles. The van der Waals surface area contributed by atoms with Gasteiger partial charge in [0.25, 0.3) is 0 Å². The Bertz CT molecular complexity index is 620. The lowest BCUT2D eigenvalue weighted by atomic mass is 10.3. The maximum Gasteiger partial charge on any atom is 0.311 e. The van der Waals surface area contributed by atoms with Crippen molar-refractivity contribution < 1.29 is 4.92 Å². The number of hydrogen-bond donors (Lipinski definition) is 0. The fourth-order valence-electron chi connectivity index (χ4n) is 1.62. The monoisotopic (exact) mass is 361 g/mol. The molecular weight excluding hydrogens is 354 g/mol. The van der Waals surface area contributed by atoms with E-state index >= 15 is 0 Å². The van der Waals surface area contributed by atoms with Gasteiger partial charge < -0.3 is 4.90 Å². The second-order valence-corrected chi connectivity index (χ2v) is 6.53. The van der Waals surface area contributed by atoms with E-state index in [9.17, 15) is 10.1 Å². The van der Waals surface area contributed by atoms with E-state index in [2.05, 4.69) is 20.9 Å². The Hall–Kier alpha value is -1.18. The summed E-state index contributed by atoms with van der Waals surface area (Å²) in [4.78, 5) is 16.3.